The molecule has 0 radical (unpaired) electrons. The van der Waals surface area contributed by atoms with Crippen LogP contribution in [0.25, 0.3) is 0 Å². The van der Waals surface area contributed by atoms with Gasteiger partial charge in [0.25, 0.3) is 5.91 Å². The van der Waals surface area contributed by atoms with Crippen LogP contribution in [0.15, 0.2) is 42.5 Å². The van der Waals surface area contributed by atoms with Crippen LogP contribution >= 0.6 is 0 Å². The molecule has 25 heavy (non-hydrogen) atoms. The summed E-state index contributed by atoms with van der Waals surface area (Å²) in [6.07, 6.45) is 1.05. The summed E-state index contributed by atoms with van der Waals surface area (Å²) in [7, 11) is 0. The Bertz CT molecular complexity index is 766. The maximum absolute atomic E-state index is 12.3. The molecule has 0 aliphatic carbocycles. The van der Waals surface area contributed by atoms with Crippen LogP contribution < -0.4 is 10.6 Å². The number of benzene rings is 2. The quantitative estimate of drug-likeness (QED) is 0.836. The van der Waals surface area contributed by atoms with Gasteiger partial charge in [0.2, 0.25) is 5.91 Å². The first-order valence-electron chi connectivity index (χ1n) is 8.62. The van der Waals surface area contributed by atoms with Gasteiger partial charge >= 0.3 is 0 Å². The van der Waals surface area contributed by atoms with Gasteiger partial charge in [0.1, 0.15) is 0 Å². The number of amides is 2. The average Bonchev–Trinajstić information content (AvgIpc) is 2.56. The van der Waals surface area contributed by atoms with Crippen molar-refractivity contribution in [2.45, 2.75) is 46.6 Å². The van der Waals surface area contributed by atoms with Crippen LogP contribution in [-0.4, -0.2) is 17.9 Å². The molecule has 2 rings (SSSR count). The number of hydrogen-bond donors (Lipinski definition) is 2. The second-order valence-electron chi connectivity index (χ2n) is 6.64. The number of carbonyl (C=O) groups excluding carboxylic acids is 2. The molecule has 2 N–H and O–H groups in total. The van der Waals surface area contributed by atoms with E-state index in [0.717, 1.165) is 5.56 Å². The molecule has 0 atom stereocenters. The second-order valence-corrected chi connectivity index (χ2v) is 6.64. The predicted octanol–water partition coefficient (Wildman–Crippen LogP) is 4.01. The van der Waals surface area contributed by atoms with Crippen molar-refractivity contribution in [3.8, 4) is 0 Å². The van der Waals surface area contributed by atoms with E-state index < -0.39 is 0 Å². The fourth-order valence-electron chi connectivity index (χ4n) is 2.56. The summed E-state index contributed by atoms with van der Waals surface area (Å²) < 4.78 is 0. The van der Waals surface area contributed by atoms with E-state index in [4.69, 9.17) is 0 Å². The molecule has 0 heterocycles. The van der Waals surface area contributed by atoms with E-state index in [9.17, 15) is 9.59 Å². The van der Waals surface area contributed by atoms with Gasteiger partial charge in [-0.15, -0.1) is 0 Å². The zero-order chi connectivity index (χ0) is 18.4. The molecular formula is C21H26N2O2. The van der Waals surface area contributed by atoms with Gasteiger partial charge in [-0.25, -0.2) is 0 Å². The Kier molecular flexibility index (Phi) is 6.34. The molecule has 0 fully saturated rings. The van der Waals surface area contributed by atoms with Crippen molar-refractivity contribution in [2.24, 2.45) is 0 Å². The highest BCUT2D eigenvalue weighted by Gasteiger charge is 2.13. The van der Waals surface area contributed by atoms with Crippen molar-refractivity contribution in [2.75, 3.05) is 5.32 Å². The first-order valence-corrected chi connectivity index (χ1v) is 8.62. The van der Waals surface area contributed by atoms with Crippen LogP contribution in [-0.2, 0) is 11.2 Å². The summed E-state index contributed by atoms with van der Waals surface area (Å²) >= 11 is 0. The van der Waals surface area contributed by atoms with Gasteiger partial charge in [0.05, 0.1) is 11.3 Å². The number of aryl methyl sites for hydroxylation is 3. The normalized spacial score (nSPS) is 10.6. The van der Waals surface area contributed by atoms with Gasteiger partial charge in [-0.1, -0.05) is 30.3 Å². The highest BCUT2D eigenvalue weighted by Crippen LogP contribution is 2.16. The number of rotatable bonds is 6. The van der Waals surface area contributed by atoms with E-state index in [1.54, 1.807) is 18.2 Å². The molecule has 0 spiro atoms. The van der Waals surface area contributed by atoms with Gasteiger partial charge < -0.3 is 10.6 Å². The third kappa shape index (κ3) is 5.45. The lowest BCUT2D eigenvalue weighted by atomic mass is 10.0. The van der Waals surface area contributed by atoms with Crippen molar-refractivity contribution in [3.05, 3.63) is 64.7 Å². The van der Waals surface area contributed by atoms with Crippen molar-refractivity contribution in [1.82, 2.24) is 5.32 Å². The third-order valence-corrected chi connectivity index (χ3v) is 4.08. The van der Waals surface area contributed by atoms with Crippen molar-refractivity contribution in [3.63, 3.8) is 0 Å². The number of nitrogens with one attached hydrogen (secondary N) is 2. The Morgan fingerprint density at radius 2 is 1.72 bits per heavy atom. The Labute approximate surface area is 149 Å². The van der Waals surface area contributed by atoms with Crippen LogP contribution in [0.2, 0.25) is 0 Å². The SMILES string of the molecule is Cc1ccc(CCC(=O)Nc2ccccc2C(=O)NC(C)C)cc1C. The van der Waals surface area contributed by atoms with Gasteiger partial charge in [-0.2, -0.15) is 0 Å². The maximum Gasteiger partial charge on any atom is 0.253 e. The van der Waals surface area contributed by atoms with Gasteiger partial charge in [-0.05, 0) is 62.9 Å². The van der Waals surface area contributed by atoms with Crippen LogP contribution in [0.1, 0.15) is 47.3 Å². The Morgan fingerprint density at radius 3 is 2.40 bits per heavy atom. The topological polar surface area (TPSA) is 58.2 Å². The minimum Gasteiger partial charge on any atom is -0.350 e. The fraction of sp³-hybridized carbons (Fsp3) is 0.333. The summed E-state index contributed by atoms with van der Waals surface area (Å²) in [5, 5.41) is 5.71. The van der Waals surface area contributed by atoms with Crippen molar-refractivity contribution < 1.29 is 9.59 Å². The van der Waals surface area contributed by atoms with E-state index in [2.05, 4.69) is 42.7 Å². The minimum absolute atomic E-state index is 0.0426. The molecule has 0 bridgehead atoms. The first kappa shape index (κ1) is 18.7. The predicted molar refractivity (Wildman–Crippen MR) is 102 cm³/mol. The molecule has 2 aromatic carbocycles. The first-order chi connectivity index (χ1) is 11.9. The summed E-state index contributed by atoms with van der Waals surface area (Å²) in [6, 6.07) is 13.4. The Hall–Kier alpha value is -2.62. The fourth-order valence-corrected chi connectivity index (χ4v) is 2.56. The van der Waals surface area contributed by atoms with E-state index in [1.165, 1.54) is 11.1 Å². The van der Waals surface area contributed by atoms with E-state index >= 15 is 0 Å². The number of hydrogen-bond acceptors (Lipinski definition) is 2. The molecule has 4 heteroatoms. The summed E-state index contributed by atoms with van der Waals surface area (Å²) in [5.74, 6) is -0.275. The lowest BCUT2D eigenvalue weighted by Crippen LogP contribution is -2.31. The second kappa shape index (κ2) is 8.47. The van der Waals surface area contributed by atoms with Crippen LogP contribution in [0.3, 0.4) is 0 Å². The number of carbonyl (C=O) groups is 2. The molecule has 132 valence electrons. The number of anilines is 1. The minimum atomic E-state index is -0.181. The Balaban J connectivity index is 2.00. The molecule has 2 amide bonds. The lowest BCUT2D eigenvalue weighted by Gasteiger charge is -2.13. The standard InChI is InChI=1S/C21H26N2O2/c1-14(2)22-21(25)18-7-5-6-8-19(18)23-20(24)12-11-17-10-9-15(3)16(4)13-17/h5-10,13-14H,11-12H2,1-4H3,(H,22,25)(H,23,24). The molecule has 0 saturated carbocycles. The van der Waals surface area contributed by atoms with Crippen LogP contribution in [0.5, 0.6) is 0 Å². The largest absolute Gasteiger partial charge is 0.350 e. The molecule has 0 unspecified atom stereocenters. The van der Waals surface area contributed by atoms with Crippen LogP contribution in [0, 0.1) is 13.8 Å². The van der Waals surface area contributed by atoms with E-state index in [0.29, 0.717) is 24.1 Å². The highest BCUT2D eigenvalue weighted by atomic mass is 16.2. The zero-order valence-corrected chi connectivity index (χ0v) is 15.3. The lowest BCUT2D eigenvalue weighted by molar-refractivity contribution is -0.116. The highest BCUT2D eigenvalue weighted by molar-refractivity contribution is 6.03. The van der Waals surface area contributed by atoms with Gasteiger partial charge in [-0.3, -0.25) is 9.59 Å². The monoisotopic (exact) mass is 338 g/mol. The van der Waals surface area contributed by atoms with Gasteiger partial charge in [0, 0.05) is 12.5 Å². The maximum atomic E-state index is 12.3. The molecule has 0 saturated heterocycles. The third-order valence-electron chi connectivity index (χ3n) is 4.08. The Morgan fingerprint density at radius 1 is 1.00 bits per heavy atom. The molecule has 4 nitrogen and oxygen atoms in total. The summed E-state index contributed by atoms with van der Waals surface area (Å²) in [4.78, 5) is 24.5. The average molecular weight is 338 g/mol. The summed E-state index contributed by atoms with van der Waals surface area (Å²) in [6.45, 7) is 7.96. The van der Waals surface area contributed by atoms with Crippen molar-refractivity contribution >= 4 is 17.5 Å². The van der Waals surface area contributed by atoms with Gasteiger partial charge in [0.15, 0.2) is 0 Å². The summed E-state index contributed by atoms with van der Waals surface area (Å²) in [5.41, 5.74) is 4.65. The zero-order valence-electron chi connectivity index (χ0n) is 15.3. The molecular weight excluding hydrogens is 312 g/mol. The molecule has 0 aliphatic rings. The number of para-hydroxylation sites is 1. The molecule has 0 aromatic heterocycles. The van der Waals surface area contributed by atoms with Crippen molar-refractivity contribution in [1.29, 1.82) is 0 Å². The van der Waals surface area contributed by atoms with E-state index in [1.807, 2.05) is 19.9 Å². The molecule has 2 aromatic rings. The smallest absolute Gasteiger partial charge is 0.253 e. The van der Waals surface area contributed by atoms with Crippen LogP contribution in [0.4, 0.5) is 5.69 Å². The molecule has 0 aliphatic heterocycles. The van der Waals surface area contributed by atoms with E-state index in [-0.39, 0.29) is 17.9 Å².